The van der Waals surface area contributed by atoms with E-state index in [9.17, 15) is 4.79 Å². The predicted octanol–water partition coefficient (Wildman–Crippen LogP) is 2.51. The number of hydrogen-bond donors (Lipinski definition) is 1. The number of anilines is 2. The van der Waals surface area contributed by atoms with E-state index in [4.69, 9.17) is 0 Å². The molecule has 4 rings (SSSR count). The average Bonchev–Trinajstić information content (AvgIpc) is 3.02. The summed E-state index contributed by atoms with van der Waals surface area (Å²) in [5.74, 6) is 0. The molecule has 0 aliphatic rings. The summed E-state index contributed by atoms with van der Waals surface area (Å²) in [7, 11) is 5.55. The van der Waals surface area contributed by atoms with Gasteiger partial charge in [-0.1, -0.05) is 0 Å². The molecule has 0 aliphatic carbocycles. The second-order valence-electron chi connectivity index (χ2n) is 5.79. The normalized spacial score (nSPS) is 11.4. The van der Waals surface area contributed by atoms with Crippen molar-refractivity contribution in [1.82, 2.24) is 18.7 Å². The van der Waals surface area contributed by atoms with Crippen molar-refractivity contribution in [3.63, 3.8) is 0 Å². The first-order valence-corrected chi connectivity index (χ1v) is 7.38. The van der Waals surface area contributed by atoms with E-state index in [-0.39, 0.29) is 5.69 Å². The fourth-order valence-corrected chi connectivity index (χ4v) is 2.97. The largest absolute Gasteiger partial charge is 0.355 e. The van der Waals surface area contributed by atoms with Gasteiger partial charge in [-0.05, 0) is 36.4 Å². The number of imidazole rings is 2. The van der Waals surface area contributed by atoms with Crippen molar-refractivity contribution in [2.24, 2.45) is 21.1 Å². The number of rotatable bonds is 2. The Morgan fingerprint density at radius 2 is 1.52 bits per heavy atom. The monoisotopic (exact) mass is 307 g/mol. The molecule has 2 aromatic carbocycles. The van der Waals surface area contributed by atoms with Crippen LogP contribution in [-0.2, 0) is 21.1 Å². The lowest BCUT2D eigenvalue weighted by molar-refractivity contribution is 0.795. The molecule has 0 saturated carbocycles. The number of nitrogens with one attached hydrogen (secondary N) is 1. The van der Waals surface area contributed by atoms with Gasteiger partial charge in [-0.15, -0.1) is 0 Å². The smallest absolute Gasteiger partial charge is 0.328 e. The van der Waals surface area contributed by atoms with Crippen molar-refractivity contribution >= 4 is 33.4 Å². The van der Waals surface area contributed by atoms with E-state index in [1.807, 2.05) is 48.0 Å². The standard InChI is InChI=1S/C17H17N5O/c1-20-10-18-13-8-11(4-6-14(13)20)19-12-5-7-15-16(9-12)22(3)17(23)21(15)2/h4-10,19H,1-3H3. The molecule has 2 heterocycles. The zero-order chi connectivity index (χ0) is 16.1. The lowest BCUT2D eigenvalue weighted by Gasteiger charge is -2.07. The zero-order valence-corrected chi connectivity index (χ0v) is 13.2. The number of nitrogens with zero attached hydrogens (tertiary/aromatic N) is 4. The van der Waals surface area contributed by atoms with Crippen LogP contribution in [0.1, 0.15) is 0 Å². The summed E-state index contributed by atoms with van der Waals surface area (Å²) in [5.41, 5.74) is 5.75. The van der Waals surface area contributed by atoms with Crippen LogP contribution < -0.4 is 11.0 Å². The Bertz CT molecular complexity index is 1100. The molecule has 0 amide bonds. The molecule has 4 aromatic rings. The fourth-order valence-electron chi connectivity index (χ4n) is 2.97. The molecule has 1 N–H and O–H groups in total. The maximum atomic E-state index is 12.0. The Morgan fingerprint density at radius 1 is 0.870 bits per heavy atom. The highest BCUT2D eigenvalue weighted by Crippen LogP contribution is 2.24. The molecule has 6 heteroatoms. The van der Waals surface area contributed by atoms with Crippen molar-refractivity contribution in [3.05, 3.63) is 53.2 Å². The van der Waals surface area contributed by atoms with Crippen LogP contribution in [0.5, 0.6) is 0 Å². The third-order valence-corrected chi connectivity index (χ3v) is 4.29. The van der Waals surface area contributed by atoms with Crippen molar-refractivity contribution < 1.29 is 0 Å². The number of benzene rings is 2. The molecule has 0 unspecified atom stereocenters. The molecule has 2 aromatic heterocycles. The summed E-state index contributed by atoms with van der Waals surface area (Å²) in [4.78, 5) is 16.4. The highest BCUT2D eigenvalue weighted by atomic mass is 16.1. The summed E-state index contributed by atoms with van der Waals surface area (Å²) in [6.07, 6.45) is 1.81. The third-order valence-electron chi connectivity index (χ3n) is 4.29. The van der Waals surface area contributed by atoms with E-state index in [1.165, 1.54) is 0 Å². The van der Waals surface area contributed by atoms with Crippen molar-refractivity contribution in [1.29, 1.82) is 0 Å². The van der Waals surface area contributed by atoms with Gasteiger partial charge in [0, 0.05) is 32.5 Å². The first-order chi connectivity index (χ1) is 11.0. The van der Waals surface area contributed by atoms with Crippen LogP contribution in [0.3, 0.4) is 0 Å². The Hall–Kier alpha value is -3.02. The van der Waals surface area contributed by atoms with Gasteiger partial charge >= 0.3 is 5.69 Å². The highest BCUT2D eigenvalue weighted by Gasteiger charge is 2.08. The fraction of sp³-hybridized carbons (Fsp3) is 0.176. The molecular formula is C17H17N5O. The molecule has 0 atom stereocenters. The van der Waals surface area contributed by atoms with Gasteiger partial charge < -0.3 is 9.88 Å². The minimum absolute atomic E-state index is 0.0212. The van der Waals surface area contributed by atoms with Gasteiger partial charge in [0.15, 0.2) is 0 Å². The second kappa shape index (κ2) is 4.74. The molecule has 6 nitrogen and oxygen atoms in total. The van der Waals surface area contributed by atoms with Crippen LogP contribution in [0.25, 0.3) is 22.1 Å². The van der Waals surface area contributed by atoms with Gasteiger partial charge in [-0.25, -0.2) is 9.78 Å². The summed E-state index contributed by atoms with van der Waals surface area (Å²) in [5, 5.41) is 3.38. The molecule has 23 heavy (non-hydrogen) atoms. The summed E-state index contributed by atoms with van der Waals surface area (Å²) in [6, 6.07) is 12.0. The minimum atomic E-state index is -0.0212. The lowest BCUT2D eigenvalue weighted by atomic mass is 10.2. The van der Waals surface area contributed by atoms with E-state index in [1.54, 1.807) is 29.6 Å². The van der Waals surface area contributed by atoms with Crippen LogP contribution >= 0.6 is 0 Å². The van der Waals surface area contributed by atoms with Crippen molar-refractivity contribution in [2.45, 2.75) is 0 Å². The first-order valence-electron chi connectivity index (χ1n) is 7.38. The van der Waals surface area contributed by atoms with E-state index in [0.29, 0.717) is 0 Å². The van der Waals surface area contributed by atoms with Crippen molar-refractivity contribution in [3.8, 4) is 0 Å². The summed E-state index contributed by atoms with van der Waals surface area (Å²) < 4.78 is 5.30. The van der Waals surface area contributed by atoms with Gasteiger partial charge in [0.1, 0.15) is 0 Å². The number of aryl methyl sites for hydroxylation is 3. The topological polar surface area (TPSA) is 56.8 Å². The van der Waals surface area contributed by atoms with Crippen LogP contribution in [0.2, 0.25) is 0 Å². The SMILES string of the molecule is Cn1cnc2cc(Nc3ccc4c(c3)n(C)c(=O)n4C)ccc21. The highest BCUT2D eigenvalue weighted by molar-refractivity contribution is 5.84. The minimum Gasteiger partial charge on any atom is -0.355 e. The van der Waals surface area contributed by atoms with Crippen LogP contribution in [0.4, 0.5) is 11.4 Å². The Labute approximate surface area is 132 Å². The van der Waals surface area contributed by atoms with Gasteiger partial charge in [0.2, 0.25) is 0 Å². The Morgan fingerprint density at radius 3 is 2.30 bits per heavy atom. The van der Waals surface area contributed by atoms with E-state index in [0.717, 1.165) is 33.4 Å². The molecule has 0 radical (unpaired) electrons. The van der Waals surface area contributed by atoms with Gasteiger partial charge in [-0.3, -0.25) is 9.13 Å². The average molecular weight is 307 g/mol. The molecule has 0 aliphatic heterocycles. The number of aromatic nitrogens is 4. The molecule has 0 bridgehead atoms. The summed E-state index contributed by atoms with van der Waals surface area (Å²) >= 11 is 0. The molecule has 116 valence electrons. The van der Waals surface area contributed by atoms with Crippen LogP contribution in [0.15, 0.2) is 47.5 Å². The molecule has 0 fully saturated rings. The third kappa shape index (κ3) is 2.03. The maximum absolute atomic E-state index is 12.0. The van der Waals surface area contributed by atoms with Crippen LogP contribution in [0, 0.1) is 0 Å². The molecule has 0 saturated heterocycles. The quantitative estimate of drug-likeness (QED) is 0.619. The first kappa shape index (κ1) is 13.6. The lowest BCUT2D eigenvalue weighted by Crippen LogP contribution is -2.19. The van der Waals surface area contributed by atoms with Gasteiger partial charge in [-0.2, -0.15) is 0 Å². The second-order valence-corrected chi connectivity index (χ2v) is 5.79. The Kier molecular flexibility index (Phi) is 2.81. The van der Waals surface area contributed by atoms with E-state index in [2.05, 4.69) is 10.3 Å². The van der Waals surface area contributed by atoms with E-state index < -0.39 is 0 Å². The Balaban J connectivity index is 1.76. The van der Waals surface area contributed by atoms with Crippen molar-refractivity contribution in [2.75, 3.05) is 5.32 Å². The maximum Gasteiger partial charge on any atom is 0.328 e. The van der Waals surface area contributed by atoms with Crippen LogP contribution in [-0.4, -0.2) is 18.7 Å². The molecule has 0 spiro atoms. The number of fused-ring (bicyclic) bond motifs is 2. The number of hydrogen-bond acceptors (Lipinski definition) is 3. The van der Waals surface area contributed by atoms with Gasteiger partial charge in [0.25, 0.3) is 0 Å². The molecular weight excluding hydrogens is 290 g/mol. The van der Waals surface area contributed by atoms with Gasteiger partial charge in [0.05, 0.1) is 28.4 Å². The summed E-state index contributed by atoms with van der Waals surface area (Å²) in [6.45, 7) is 0. The zero-order valence-electron chi connectivity index (χ0n) is 13.2. The predicted molar refractivity (Wildman–Crippen MR) is 92.2 cm³/mol. The van der Waals surface area contributed by atoms with E-state index >= 15 is 0 Å².